The molecule has 1 rings (SSSR count). The SMILES string of the molecule is C=NNC(=O)C(=O)c1c(CC)cc(C)cc1CC.CC.CCCCSC. The van der Waals surface area contributed by atoms with Crippen LogP contribution >= 0.6 is 11.8 Å². The van der Waals surface area contributed by atoms with Gasteiger partial charge in [-0.15, -0.1) is 0 Å². The summed E-state index contributed by atoms with van der Waals surface area (Å²) in [6.07, 6.45) is 6.28. The Labute approximate surface area is 164 Å². The molecule has 1 aromatic carbocycles. The van der Waals surface area contributed by atoms with E-state index >= 15 is 0 Å². The monoisotopic (exact) mass is 380 g/mol. The Hall–Kier alpha value is -1.62. The molecule has 0 aliphatic rings. The summed E-state index contributed by atoms with van der Waals surface area (Å²) in [5.74, 6) is 0.0469. The molecule has 1 aromatic rings. The quantitative estimate of drug-likeness (QED) is 0.221. The van der Waals surface area contributed by atoms with Crippen LogP contribution in [0.3, 0.4) is 0 Å². The zero-order chi connectivity index (χ0) is 20.5. The summed E-state index contributed by atoms with van der Waals surface area (Å²) in [6.45, 7) is 15.3. The van der Waals surface area contributed by atoms with Crippen molar-refractivity contribution in [2.45, 2.75) is 67.2 Å². The van der Waals surface area contributed by atoms with Crippen LogP contribution < -0.4 is 5.43 Å². The van der Waals surface area contributed by atoms with Crippen LogP contribution in [0.2, 0.25) is 0 Å². The molecule has 0 aliphatic heterocycles. The number of hydrazone groups is 1. The van der Waals surface area contributed by atoms with Crippen LogP contribution in [-0.2, 0) is 17.6 Å². The summed E-state index contributed by atoms with van der Waals surface area (Å²) in [6, 6.07) is 3.89. The van der Waals surface area contributed by atoms with E-state index in [-0.39, 0.29) is 0 Å². The highest BCUT2D eigenvalue weighted by atomic mass is 32.2. The van der Waals surface area contributed by atoms with E-state index in [0.29, 0.717) is 18.4 Å². The predicted octanol–water partition coefficient (Wildman–Crippen LogP) is 5.21. The molecular formula is C21H36N2O2S. The molecule has 1 amide bonds. The Kier molecular flexibility index (Phi) is 17.2. The Morgan fingerprint density at radius 3 is 1.92 bits per heavy atom. The molecule has 0 atom stereocenters. The Morgan fingerprint density at radius 2 is 1.62 bits per heavy atom. The Bertz CT molecular complexity index is 528. The van der Waals surface area contributed by atoms with Gasteiger partial charge in [-0.3, -0.25) is 9.59 Å². The number of thioether (sulfide) groups is 1. The van der Waals surface area contributed by atoms with E-state index in [1.807, 2.05) is 58.5 Å². The number of Topliss-reactive ketones (excluding diaryl/α,β-unsaturated/α-hetero) is 1. The van der Waals surface area contributed by atoms with Crippen molar-refractivity contribution >= 4 is 30.2 Å². The van der Waals surface area contributed by atoms with Crippen molar-refractivity contribution in [1.82, 2.24) is 5.43 Å². The highest BCUT2D eigenvalue weighted by molar-refractivity contribution is 7.98. The third kappa shape index (κ3) is 9.76. The van der Waals surface area contributed by atoms with Gasteiger partial charge in [-0.2, -0.15) is 16.9 Å². The van der Waals surface area contributed by atoms with Gasteiger partial charge in [0.2, 0.25) is 0 Å². The third-order valence-corrected chi connectivity index (χ3v) is 4.22. The van der Waals surface area contributed by atoms with Gasteiger partial charge in [-0.25, -0.2) is 5.43 Å². The molecule has 0 unspecified atom stereocenters. The first-order valence-electron chi connectivity index (χ1n) is 9.38. The minimum absolute atomic E-state index is 0.506. The maximum Gasteiger partial charge on any atom is 0.312 e. The van der Waals surface area contributed by atoms with E-state index in [4.69, 9.17) is 0 Å². The van der Waals surface area contributed by atoms with Gasteiger partial charge in [-0.1, -0.05) is 58.7 Å². The number of nitrogens with zero attached hydrogens (tertiary/aromatic N) is 1. The maximum atomic E-state index is 12.1. The highest BCUT2D eigenvalue weighted by Crippen LogP contribution is 2.20. The normalized spacial score (nSPS) is 9.19. The number of unbranched alkanes of at least 4 members (excludes halogenated alkanes) is 1. The summed E-state index contributed by atoms with van der Waals surface area (Å²) < 4.78 is 0. The summed E-state index contributed by atoms with van der Waals surface area (Å²) in [5.41, 5.74) is 5.49. The van der Waals surface area contributed by atoms with Crippen molar-refractivity contribution in [3.8, 4) is 0 Å². The maximum absolute atomic E-state index is 12.1. The van der Waals surface area contributed by atoms with Gasteiger partial charge < -0.3 is 0 Å². The van der Waals surface area contributed by atoms with Crippen molar-refractivity contribution in [2.24, 2.45) is 5.10 Å². The van der Waals surface area contributed by atoms with Crippen LogP contribution in [0, 0.1) is 6.92 Å². The highest BCUT2D eigenvalue weighted by Gasteiger charge is 2.21. The fourth-order valence-electron chi connectivity index (χ4n) is 2.32. The molecule has 4 nitrogen and oxygen atoms in total. The Balaban J connectivity index is 0. The topological polar surface area (TPSA) is 58.5 Å². The lowest BCUT2D eigenvalue weighted by Crippen LogP contribution is -2.28. The molecule has 0 spiro atoms. The van der Waals surface area contributed by atoms with Crippen LogP contribution in [0.15, 0.2) is 17.2 Å². The number of hydrogen-bond donors (Lipinski definition) is 1. The number of carbonyl (C=O) groups excluding carboxylic acids is 2. The zero-order valence-electron chi connectivity index (χ0n) is 17.6. The summed E-state index contributed by atoms with van der Waals surface area (Å²) in [4.78, 5) is 23.7. The number of nitrogens with one attached hydrogen (secondary N) is 1. The van der Waals surface area contributed by atoms with E-state index in [1.54, 1.807) is 0 Å². The molecule has 0 saturated heterocycles. The van der Waals surface area contributed by atoms with Crippen LogP contribution in [-0.4, -0.2) is 30.4 Å². The van der Waals surface area contributed by atoms with Gasteiger partial charge in [0.15, 0.2) is 0 Å². The largest absolute Gasteiger partial charge is 0.312 e. The second-order valence-electron chi connectivity index (χ2n) is 5.44. The number of benzene rings is 1. The van der Waals surface area contributed by atoms with E-state index in [0.717, 1.165) is 16.7 Å². The standard InChI is InChI=1S/C14H18N2O2.C5H12S.C2H6/c1-5-10-7-9(3)8-11(6-2)12(10)13(17)14(18)16-15-4;1-3-4-5-6-2;1-2/h7-8H,4-6H2,1-3H3,(H,16,18);3-5H2,1-2H3;1-2H3. The summed E-state index contributed by atoms with van der Waals surface area (Å²) >= 11 is 1.93. The molecular weight excluding hydrogens is 344 g/mol. The average molecular weight is 381 g/mol. The first kappa shape index (κ1) is 26.6. The molecule has 0 radical (unpaired) electrons. The smallest absolute Gasteiger partial charge is 0.283 e. The van der Waals surface area contributed by atoms with E-state index < -0.39 is 11.7 Å². The van der Waals surface area contributed by atoms with Crippen molar-refractivity contribution < 1.29 is 9.59 Å². The second-order valence-corrected chi connectivity index (χ2v) is 6.43. The van der Waals surface area contributed by atoms with Gasteiger partial charge in [0, 0.05) is 12.3 Å². The molecule has 26 heavy (non-hydrogen) atoms. The van der Waals surface area contributed by atoms with E-state index in [9.17, 15) is 9.59 Å². The van der Waals surface area contributed by atoms with Gasteiger partial charge in [0.1, 0.15) is 0 Å². The number of hydrogen-bond acceptors (Lipinski definition) is 4. The van der Waals surface area contributed by atoms with Crippen LogP contribution in [0.1, 0.15) is 74.5 Å². The van der Waals surface area contributed by atoms with Gasteiger partial charge >= 0.3 is 5.91 Å². The van der Waals surface area contributed by atoms with Gasteiger partial charge in [0.05, 0.1) is 0 Å². The number of ketones is 1. The average Bonchev–Trinajstić information content (AvgIpc) is 2.67. The van der Waals surface area contributed by atoms with Crippen molar-refractivity contribution in [2.75, 3.05) is 12.0 Å². The lowest BCUT2D eigenvalue weighted by Gasteiger charge is -2.12. The summed E-state index contributed by atoms with van der Waals surface area (Å²) in [5, 5.41) is 3.24. The number of carbonyl (C=O) groups is 2. The molecule has 0 bridgehead atoms. The number of amides is 1. The lowest BCUT2D eigenvalue weighted by molar-refractivity contribution is -0.116. The van der Waals surface area contributed by atoms with Crippen LogP contribution in [0.5, 0.6) is 0 Å². The number of rotatable bonds is 8. The van der Waals surface area contributed by atoms with Gasteiger partial charge in [0.25, 0.3) is 5.78 Å². The van der Waals surface area contributed by atoms with E-state index in [1.165, 1.54) is 18.6 Å². The molecule has 1 N–H and O–H groups in total. The zero-order valence-corrected chi connectivity index (χ0v) is 18.4. The van der Waals surface area contributed by atoms with E-state index in [2.05, 4.69) is 30.4 Å². The lowest BCUT2D eigenvalue weighted by atomic mass is 9.92. The third-order valence-electron chi connectivity index (χ3n) is 3.52. The molecule has 148 valence electrons. The van der Waals surface area contributed by atoms with Crippen molar-refractivity contribution in [1.29, 1.82) is 0 Å². The molecule has 0 aliphatic carbocycles. The van der Waals surface area contributed by atoms with Gasteiger partial charge in [-0.05, 0) is 49.3 Å². The fourth-order valence-corrected chi connectivity index (χ4v) is 2.89. The minimum atomic E-state index is -0.738. The molecule has 0 aromatic heterocycles. The number of aryl methyl sites for hydroxylation is 3. The molecule has 5 heteroatoms. The Morgan fingerprint density at radius 1 is 1.12 bits per heavy atom. The predicted molar refractivity (Wildman–Crippen MR) is 117 cm³/mol. The first-order chi connectivity index (χ1) is 12.5. The van der Waals surface area contributed by atoms with Crippen molar-refractivity contribution in [3.05, 3.63) is 34.4 Å². The summed E-state index contributed by atoms with van der Waals surface area (Å²) in [7, 11) is 0. The second kappa shape index (κ2) is 16.8. The fraction of sp³-hybridized carbons (Fsp3) is 0.571. The minimum Gasteiger partial charge on any atom is -0.283 e. The molecule has 0 fully saturated rings. The van der Waals surface area contributed by atoms with Crippen molar-refractivity contribution in [3.63, 3.8) is 0 Å². The van der Waals surface area contributed by atoms with Crippen LogP contribution in [0.25, 0.3) is 0 Å². The molecule has 0 heterocycles. The molecule has 0 saturated carbocycles. The van der Waals surface area contributed by atoms with Crippen LogP contribution in [0.4, 0.5) is 0 Å². The first-order valence-corrected chi connectivity index (χ1v) is 10.8.